The minimum Gasteiger partial charge on any atom is -0.481 e. The van der Waals surface area contributed by atoms with Gasteiger partial charge in [0.2, 0.25) is 5.88 Å². The van der Waals surface area contributed by atoms with Crippen molar-refractivity contribution in [1.82, 2.24) is 19.9 Å². The van der Waals surface area contributed by atoms with Gasteiger partial charge in [0, 0.05) is 43.9 Å². The van der Waals surface area contributed by atoms with Crippen LogP contribution in [0.3, 0.4) is 0 Å². The summed E-state index contributed by atoms with van der Waals surface area (Å²) in [5.41, 5.74) is 0.886. The van der Waals surface area contributed by atoms with E-state index in [1.165, 1.54) is 7.11 Å². The Bertz CT molecular complexity index is 936. The molecule has 8 nitrogen and oxygen atoms in total. The van der Waals surface area contributed by atoms with Crippen LogP contribution in [0.15, 0.2) is 22.7 Å². The van der Waals surface area contributed by atoms with Crippen LogP contribution in [0.25, 0.3) is 0 Å². The van der Waals surface area contributed by atoms with Crippen molar-refractivity contribution in [2.24, 2.45) is 5.41 Å². The van der Waals surface area contributed by atoms with Gasteiger partial charge in [-0.1, -0.05) is 16.8 Å². The Balaban J connectivity index is 1.39. The predicted octanol–water partition coefficient (Wildman–Crippen LogP) is 2.81. The van der Waals surface area contributed by atoms with E-state index in [0.29, 0.717) is 49.1 Å². The molecule has 0 radical (unpaired) electrons. The number of hydrogen-bond acceptors (Lipinski definition) is 6. The van der Waals surface area contributed by atoms with Crippen LogP contribution in [0.5, 0.6) is 5.88 Å². The van der Waals surface area contributed by atoms with Gasteiger partial charge in [-0.3, -0.25) is 9.59 Å². The smallest absolute Gasteiger partial charge is 0.276 e. The van der Waals surface area contributed by atoms with Crippen LogP contribution in [-0.4, -0.2) is 65.0 Å². The van der Waals surface area contributed by atoms with Crippen LogP contribution < -0.4 is 4.74 Å². The van der Waals surface area contributed by atoms with Gasteiger partial charge in [-0.15, -0.1) is 0 Å². The largest absolute Gasteiger partial charge is 0.481 e. The van der Waals surface area contributed by atoms with E-state index >= 15 is 0 Å². The molecule has 2 saturated heterocycles. The van der Waals surface area contributed by atoms with E-state index in [1.54, 1.807) is 25.1 Å². The summed E-state index contributed by atoms with van der Waals surface area (Å²) in [5.74, 6) is 0.784. The number of ether oxygens (including phenoxy) is 1. The first kappa shape index (κ1) is 19.7. The molecule has 0 unspecified atom stereocenters. The van der Waals surface area contributed by atoms with Gasteiger partial charge in [0.1, 0.15) is 10.9 Å². The van der Waals surface area contributed by atoms with Crippen molar-refractivity contribution in [3.63, 3.8) is 0 Å². The molecule has 29 heavy (non-hydrogen) atoms. The van der Waals surface area contributed by atoms with Crippen molar-refractivity contribution in [1.29, 1.82) is 0 Å². The van der Waals surface area contributed by atoms with E-state index in [4.69, 9.17) is 20.9 Å². The number of pyridine rings is 1. The Morgan fingerprint density at radius 3 is 2.41 bits per heavy atom. The van der Waals surface area contributed by atoms with Crippen molar-refractivity contribution >= 4 is 23.4 Å². The number of methoxy groups -OCH3 is 1. The van der Waals surface area contributed by atoms with Crippen molar-refractivity contribution < 1.29 is 18.8 Å². The third-order valence-corrected chi connectivity index (χ3v) is 6.10. The maximum absolute atomic E-state index is 12.9. The van der Waals surface area contributed by atoms with Crippen LogP contribution in [0.2, 0.25) is 5.15 Å². The molecule has 2 aromatic heterocycles. The SMILES string of the molecule is COc1cc(C(=O)N2CCC3(CC2)CCN(C(=O)c2cc(C)on2)C3)cc(Cl)n1. The van der Waals surface area contributed by atoms with Crippen LogP contribution in [-0.2, 0) is 0 Å². The minimum atomic E-state index is -0.0873. The van der Waals surface area contributed by atoms with E-state index in [1.807, 2.05) is 9.80 Å². The molecule has 0 atom stereocenters. The number of rotatable bonds is 3. The molecular formula is C20H23ClN4O4. The third kappa shape index (κ3) is 3.94. The van der Waals surface area contributed by atoms with Gasteiger partial charge in [0.15, 0.2) is 5.69 Å². The number of likely N-dealkylation sites (tertiary alicyclic amines) is 2. The first-order valence-electron chi connectivity index (χ1n) is 9.63. The summed E-state index contributed by atoms with van der Waals surface area (Å²) in [4.78, 5) is 33.2. The molecule has 2 aliphatic heterocycles. The second kappa shape index (κ2) is 7.67. The van der Waals surface area contributed by atoms with Crippen LogP contribution in [0.4, 0.5) is 0 Å². The van der Waals surface area contributed by atoms with E-state index in [-0.39, 0.29) is 22.4 Å². The molecule has 2 amide bonds. The molecule has 0 bridgehead atoms. The zero-order valence-corrected chi connectivity index (χ0v) is 17.2. The Kier molecular flexibility index (Phi) is 5.21. The molecular weight excluding hydrogens is 396 g/mol. The summed E-state index contributed by atoms with van der Waals surface area (Å²) in [6, 6.07) is 4.84. The number of hydrogen-bond donors (Lipinski definition) is 0. The minimum absolute atomic E-state index is 0.0544. The second-order valence-corrected chi connectivity index (χ2v) is 8.20. The van der Waals surface area contributed by atoms with Crippen molar-refractivity contribution in [3.8, 4) is 5.88 Å². The lowest BCUT2D eigenvalue weighted by Crippen LogP contribution is -2.44. The van der Waals surface area contributed by atoms with Crippen molar-refractivity contribution in [2.45, 2.75) is 26.2 Å². The van der Waals surface area contributed by atoms with Crippen molar-refractivity contribution in [3.05, 3.63) is 40.4 Å². The molecule has 2 aliphatic rings. The van der Waals surface area contributed by atoms with Crippen molar-refractivity contribution in [2.75, 3.05) is 33.3 Å². The van der Waals surface area contributed by atoms with Crippen LogP contribution >= 0.6 is 11.6 Å². The highest BCUT2D eigenvalue weighted by Crippen LogP contribution is 2.41. The standard InChI is InChI=1S/C20H23ClN4O4/c1-13-9-15(23-29-13)19(27)25-8-5-20(12-25)3-6-24(7-4-20)18(26)14-10-16(21)22-17(11-14)28-2/h9-11H,3-8,12H2,1-2H3. The first-order chi connectivity index (χ1) is 13.9. The topological polar surface area (TPSA) is 88.8 Å². The summed E-state index contributed by atoms with van der Waals surface area (Å²) < 4.78 is 10.1. The lowest BCUT2D eigenvalue weighted by molar-refractivity contribution is 0.0563. The average molecular weight is 419 g/mol. The number of aromatic nitrogens is 2. The van der Waals surface area contributed by atoms with Gasteiger partial charge in [0.05, 0.1) is 7.11 Å². The summed E-state index contributed by atoms with van der Waals surface area (Å²) >= 11 is 6.00. The Labute approximate surface area is 173 Å². The number of carbonyl (C=O) groups is 2. The Morgan fingerprint density at radius 1 is 1.10 bits per heavy atom. The lowest BCUT2D eigenvalue weighted by atomic mass is 9.77. The van der Waals surface area contributed by atoms with Gasteiger partial charge in [-0.2, -0.15) is 0 Å². The van der Waals surface area contributed by atoms with Gasteiger partial charge in [0.25, 0.3) is 11.8 Å². The van der Waals surface area contributed by atoms with E-state index in [2.05, 4.69) is 10.1 Å². The normalized spacial score (nSPS) is 18.3. The maximum atomic E-state index is 12.9. The van der Waals surface area contributed by atoms with Gasteiger partial charge < -0.3 is 19.1 Å². The first-order valence-corrected chi connectivity index (χ1v) is 10.0. The van der Waals surface area contributed by atoms with Crippen LogP contribution in [0.1, 0.15) is 45.9 Å². The maximum Gasteiger partial charge on any atom is 0.276 e. The third-order valence-electron chi connectivity index (χ3n) is 5.91. The number of amides is 2. The zero-order chi connectivity index (χ0) is 20.6. The van der Waals surface area contributed by atoms with Crippen LogP contribution in [0, 0.1) is 12.3 Å². The Morgan fingerprint density at radius 2 is 1.79 bits per heavy atom. The molecule has 0 saturated carbocycles. The van der Waals surface area contributed by atoms with E-state index in [0.717, 1.165) is 19.3 Å². The summed E-state index contributed by atoms with van der Waals surface area (Å²) in [6.07, 6.45) is 2.65. The van der Waals surface area contributed by atoms with Gasteiger partial charge >= 0.3 is 0 Å². The predicted molar refractivity (Wildman–Crippen MR) is 105 cm³/mol. The highest BCUT2D eigenvalue weighted by Gasteiger charge is 2.43. The highest BCUT2D eigenvalue weighted by molar-refractivity contribution is 6.29. The molecule has 1 spiro atoms. The van der Waals surface area contributed by atoms with Gasteiger partial charge in [-0.25, -0.2) is 4.98 Å². The summed E-state index contributed by atoms with van der Waals surface area (Å²) in [6.45, 7) is 4.45. The molecule has 0 aliphatic carbocycles. The number of halogens is 1. The number of piperidine rings is 1. The number of carbonyl (C=O) groups excluding carboxylic acids is 2. The average Bonchev–Trinajstić information content (AvgIpc) is 3.34. The molecule has 0 aromatic carbocycles. The lowest BCUT2D eigenvalue weighted by Gasteiger charge is -2.39. The fourth-order valence-electron chi connectivity index (χ4n) is 4.21. The number of aryl methyl sites for hydroxylation is 1. The molecule has 9 heteroatoms. The quantitative estimate of drug-likeness (QED) is 0.712. The monoisotopic (exact) mass is 418 g/mol. The fraction of sp³-hybridized carbons (Fsp3) is 0.500. The molecule has 154 valence electrons. The molecule has 4 heterocycles. The molecule has 2 aromatic rings. The van der Waals surface area contributed by atoms with Gasteiger partial charge in [-0.05, 0) is 37.7 Å². The second-order valence-electron chi connectivity index (χ2n) is 7.81. The highest BCUT2D eigenvalue weighted by atomic mass is 35.5. The molecule has 4 rings (SSSR count). The zero-order valence-electron chi connectivity index (χ0n) is 16.5. The Hall–Kier alpha value is -2.61. The molecule has 0 N–H and O–H groups in total. The fourth-order valence-corrected chi connectivity index (χ4v) is 4.41. The summed E-state index contributed by atoms with van der Waals surface area (Å²) in [5, 5.41) is 4.07. The van der Waals surface area contributed by atoms with E-state index < -0.39 is 0 Å². The summed E-state index contributed by atoms with van der Waals surface area (Å²) in [7, 11) is 1.49. The number of nitrogens with zero attached hydrogens (tertiary/aromatic N) is 4. The van der Waals surface area contributed by atoms with E-state index in [9.17, 15) is 9.59 Å². The molecule has 2 fully saturated rings.